The van der Waals surface area contributed by atoms with Gasteiger partial charge in [0.05, 0.1) is 6.07 Å². The number of nitrogens with zero attached hydrogens (tertiary/aromatic N) is 1. The largest absolute Gasteiger partial charge is 0.338 e. The van der Waals surface area contributed by atoms with Crippen molar-refractivity contribution in [3.05, 3.63) is 21.9 Å². The van der Waals surface area contributed by atoms with Crippen molar-refractivity contribution in [1.82, 2.24) is 5.32 Å². The lowest BCUT2D eigenvalue weighted by Gasteiger charge is -2.21. The number of aryl methyl sites for hydroxylation is 1. The predicted molar refractivity (Wildman–Crippen MR) is 72.4 cm³/mol. The second-order valence-electron chi connectivity index (χ2n) is 5.18. The summed E-state index contributed by atoms with van der Waals surface area (Å²) < 4.78 is 0. The Bertz CT molecular complexity index is 502. The van der Waals surface area contributed by atoms with E-state index in [1.807, 2.05) is 6.92 Å². The number of thiophene rings is 1. The minimum Gasteiger partial charge on any atom is -0.338 e. The number of carbonyl (C=O) groups excluding carboxylic acids is 1. The van der Waals surface area contributed by atoms with Gasteiger partial charge in [-0.3, -0.25) is 4.79 Å². The molecule has 1 saturated carbocycles. The molecule has 96 valence electrons. The van der Waals surface area contributed by atoms with Gasteiger partial charge in [-0.25, -0.2) is 0 Å². The summed E-state index contributed by atoms with van der Waals surface area (Å²) in [5.41, 5.74) is -0.727. The SMILES string of the molecule is CC[C@](C)(C#N)NC(=O)[C@H]1C[C@@H]1c1ccc(C)s1. The van der Waals surface area contributed by atoms with Gasteiger partial charge < -0.3 is 5.32 Å². The standard InChI is InChI=1S/C14H18N2OS/c1-4-14(3,8-15)16-13(17)11-7-10(11)12-6-5-9(2)18-12/h5-6,10-11H,4,7H2,1-3H3,(H,16,17)/t10-,11-,14+/m0/s1. The zero-order valence-electron chi connectivity index (χ0n) is 11.0. The summed E-state index contributed by atoms with van der Waals surface area (Å²) in [5.74, 6) is 0.447. The van der Waals surface area contributed by atoms with E-state index in [4.69, 9.17) is 5.26 Å². The molecule has 0 radical (unpaired) electrons. The van der Waals surface area contributed by atoms with Crippen LogP contribution in [0.3, 0.4) is 0 Å². The average molecular weight is 262 g/mol. The Balaban J connectivity index is 1.96. The Kier molecular flexibility index (Phi) is 3.45. The van der Waals surface area contributed by atoms with E-state index in [2.05, 4.69) is 30.4 Å². The lowest BCUT2D eigenvalue weighted by molar-refractivity contribution is -0.123. The van der Waals surface area contributed by atoms with Crippen LogP contribution >= 0.6 is 11.3 Å². The van der Waals surface area contributed by atoms with Crippen LogP contribution < -0.4 is 5.32 Å². The molecule has 1 aromatic rings. The molecule has 3 atom stereocenters. The second-order valence-corrected chi connectivity index (χ2v) is 6.50. The molecule has 1 heterocycles. The molecular weight excluding hydrogens is 244 g/mol. The van der Waals surface area contributed by atoms with Crippen LogP contribution in [0.15, 0.2) is 12.1 Å². The molecule has 1 aliphatic rings. The maximum absolute atomic E-state index is 12.1. The summed E-state index contributed by atoms with van der Waals surface area (Å²) in [6.45, 7) is 5.77. The number of hydrogen-bond donors (Lipinski definition) is 1. The fraction of sp³-hybridized carbons (Fsp3) is 0.571. The zero-order valence-corrected chi connectivity index (χ0v) is 11.8. The van der Waals surface area contributed by atoms with E-state index in [1.54, 1.807) is 18.3 Å². The van der Waals surface area contributed by atoms with Crippen molar-refractivity contribution in [2.24, 2.45) is 5.92 Å². The average Bonchev–Trinajstić information content (AvgIpc) is 3.05. The van der Waals surface area contributed by atoms with Crippen molar-refractivity contribution < 1.29 is 4.79 Å². The number of nitriles is 1. The maximum atomic E-state index is 12.1. The highest BCUT2D eigenvalue weighted by molar-refractivity contribution is 7.12. The normalized spacial score (nSPS) is 25.0. The van der Waals surface area contributed by atoms with Gasteiger partial charge in [-0.15, -0.1) is 11.3 Å². The molecule has 1 aromatic heterocycles. The fourth-order valence-corrected chi connectivity index (χ4v) is 3.07. The lowest BCUT2D eigenvalue weighted by atomic mass is 10.0. The number of hydrogen-bond acceptors (Lipinski definition) is 3. The molecule has 0 saturated heterocycles. The smallest absolute Gasteiger partial charge is 0.225 e. The summed E-state index contributed by atoms with van der Waals surface area (Å²) in [6, 6.07) is 6.38. The molecule has 0 aliphatic heterocycles. The first kappa shape index (κ1) is 13.1. The van der Waals surface area contributed by atoms with Gasteiger partial charge >= 0.3 is 0 Å². The fourth-order valence-electron chi connectivity index (χ4n) is 2.01. The summed E-state index contributed by atoms with van der Waals surface area (Å²) in [7, 11) is 0. The van der Waals surface area contributed by atoms with Crippen molar-refractivity contribution in [2.75, 3.05) is 0 Å². The van der Waals surface area contributed by atoms with E-state index in [0.717, 1.165) is 6.42 Å². The Morgan fingerprint density at radius 3 is 2.89 bits per heavy atom. The number of nitrogens with one attached hydrogen (secondary N) is 1. The van der Waals surface area contributed by atoms with Crippen LogP contribution in [0.5, 0.6) is 0 Å². The van der Waals surface area contributed by atoms with Crippen LogP contribution in [0, 0.1) is 24.2 Å². The van der Waals surface area contributed by atoms with E-state index in [-0.39, 0.29) is 11.8 Å². The van der Waals surface area contributed by atoms with Crippen molar-refractivity contribution >= 4 is 17.2 Å². The Morgan fingerprint density at radius 1 is 1.67 bits per heavy atom. The predicted octanol–water partition coefficient (Wildman–Crippen LogP) is 2.97. The van der Waals surface area contributed by atoms with Gasteiger partial charge in [0.1, 0.15) is 5.54 Å². The molecule has 0 bridgehead atoms. The van der Waals surface area contributed by atoms with Gasteiger partial charge in [0.2, 0.25) is 5.91 Å². The Morgan fingerprint density at radius 2 is 2.39 bits per heavy atom. The minimum atomic E-state index is -0.727. The van der Waals surface area contributed by atoms with E-state index in [1.165, 1.54) is 9.75 Å². The highest BCUT2D eigenvalue weighted by Crippen LogP contribution is 2.49. The van der Waals surface area contributed by atoms with Crippen LogP contribution in [-0.2, 0) is 4.79 Å². The van der Waals surface area contributed by atoms with Crippen molar-refractivity contribution in [2.45, 2.75) is 45.1 Å². The van der Waals surface area contributed by atoms with Gasteiger partial charge in [0, 0.05) is 21.6 Å². The quantitative estimate of drug-likeness (QED) is 0.907. The molecule has 3 nitrogen and oxygen atoms in total. The number of carbonyl (C=O) groups is 1. The topological polar surface area (TPSA) is 52.9 Å². The third kappa shape index (κ3) is 2.56. The molecule has 1 fully saturated rings. The maximum Gasteiger partial charge on any atom is 0.225 e. The van der Waals surface area contributed by atoms with Crippen molar-refractivity contribution in [3.63, 3.8) is 0 Å². The summed E-state index contributed by atoms with van der Waals surface area (Å²) in [4.78, 5) is 14.6. The minimum absolute atomic E-state index is 0.0250. The number of rotatable bonds is 4. The third-order valence-corrected chi connectivity index (χ3v) is 4.74. The molecule has 0 aromatic carbocycles. The highest BCUT2D eigenvalue weighted by Gasteiger charge is 2.46. The highest BCUT2D eigenvalue weighted by atomic mass is 32.1. The summed E-state index contributed by atoms with van der Waals surface area (Å²) in [6.07, 6.45) is 1.54. The molecule has 2 rings (SSSR count). The second kappa shape index (κ2) is 4.74. The van der Waals surface area contributed by atoms with Crippen molar-refractivity contribution in [1.29, 1.82) is 5.26 Å². The van der Waals surface area contributed by atoms with Crippen LogP contribution in [0.2, 0.25) is 0 Å². The zero-order chi connectivity index (χ0) is 13.3. The number of amides is 1. The van der Waals surface area contributed by atoms with Crippen LogP contribution in [0.1, 0.15) is 42.4 Å². The van der Waals surface area contributed by atoms with Gasteiger partial charge in [-0.1, -0.05) is 6.92 Å². The molecule has 0 spiro atoms. The molecule has 0 unspecified atom stereocenters. The molecular formula is C14H18N2OS. The summed E-state index contributed by atoms with van der Waals surface area (Å²) >= 11 is 1.76. The first-order valence-electron chi connectivity index (χ1n) is 6.28. The molecule has 4 heteroatoms. The van der Waals surface area contributed by atoms with Gasteiger partial charge in [0.15, 0.2) is 0 Å². The first-order chi connectivity index (χ1) is 8.49. The van der Waals surface area contributed by atoms with Gasteiger partial charge in [0.25, 0.3) is 0 Å². The van der Waals surface area contributed by atoms with E-state index >= 15 is 0 Å². The molecule has 1 aliphatic carbocycles. The van der Waals surface area contributed by atoms with Gasteiger partial charge in [-0.05, 0) is 38.8 Å². The monoisotopic (exact) mass is 262 g/mol. The Hall–Kier alpha value is -1.34. The Labute approximate surface area is 112 Å². The van der Waals surface area contributed by atoms with E-state index in [9.17, 15) is 4.79 Å². The molecule has 1 amide bonds. The van der Waals surface area contributed by atoms with Crippen LogP contribution in [0.4, 0.5) is 0 Å². The first-order valence-corrected chi connectivity index (χ1v) is 7.10. The van der Waals surface area contributed by atoms with E-state index < -0.39 is 5.54 Å². The van der Waals surface area contributed by atoms with E-state index in [0.29, 0.717) is 12.3 Å². The summed E-state index contributed by atoms with van der Waals surface area (Å²) in [5, 5.41) is 11.9. The molecule has 1 N–H and O–H groups in total. The third-order valence-electron chi connectivity index (χ3n) is 3.61. The van der Waals surface area contributed by atoms with Crippen molar-refractivity contribution in [3.8, 4) is 6.07 Å². The van der Waals surface area contributed by atoms with Crippen LogP contribution in [-0.4, -0.2) is 11.4 Å². The lowest BCUT2D eigenvalue weighted by Crippen LogP contribution is -2.45. The van der Waals surface area contributed by atoms with Crippen LogP contribution in [0.25, 0.3) is 0 Å². The van der Waals surface area contributed by atoms with Gasteiger partial charge in [-0.2, -0.15) is 5.26 Å². The molecule has 18 heavy (non-hydrogen) atoms.